The van der Waals surface area contributed by atoms with Gasteiger partial charge in [0, 0.05) is 21.4 Å². The van der Waals surface area contributed by atoms with E-state index >= 15 is 0 Å². The van der Waals surface area contributed by atoms with Gasteiger partial charge in [-0.05, 0) is 68.8 Å². The lowest BCUT2D eigenvalue weighted by Crippen LogP contribution is -2.40. The van der Waals surface area contributed by atoms with Gasteiger partial charge in [0.05, 0.1) is 33.2 Å². The Bertz CT molecular complexity index is 1990. The van der Waals surface area contributed by atoms with Gasteiger partial charge in [-0.2, -0.15) is 5.10 Å². The highest BCUT2D eigenvalue weighted by Gasteiger charge is 2.32. The first-order valence-electron chi connectivity index (χ1n) is 13.1. The molecule has 1 aliphatic heterocycles. The van der Waals surface area contributed by atoms with Crippen LogP contribution in [0.15, 0.2) is 110 Å². The van der Waals surface area contributed by atoms with E-state index in [-0.39, 0.29) is 11.5 Å². The molecule has 0 fully saturated rings. The van der Waals surface area contributed by atoms with Crippen LogP contribution in [-0.4, -0.2) is 20.3 Å². The van der Waals surface area contributed by atoms with Crippen LogP contribution in [0.25, 0.3) is 11.8 Å². The van der Waals surface area contributed by atoms with Crippen LogP contribution >= 0.6 is 27.3 Å². The van der Waals surface area contributed by atoms with E-state index in [9.17, 15) is 9.59 Å². The highest BCUT2D eigenvalue weighted by Crippen LogP contribution is 2.31. The summed E-state index contributed by atoms with van der Waals surface area (Å²) in [5.74, 6) is -0.296. The topological polar surface area (TPSA) is 81.3 Å². The number of rotatable bonds is 5. The number of allylic oxidation sites excluding steroid dienone is 1. The second kappa shape index (κ2) is 10.9. The van der Waals surface area contributed by atoms with E-state index in [1.807, 2.05) is 116 Å². The van der Waals surface area contributed by atoms with E-state index in [2.05, 4.69) is 21.2 Å². The second-order valence-electron chi connectivity index (χ2n) is 9.79. The third-order valence-electron chi connectivity index (χ3n) is 7.11. The van der Waals surface area contributed by atoms with Crippen molar-refractivity contribution >= 4 is 44.9 Å². The lowest BCUT2D eigenvalue weighted by Gasteiger charge is -2.25. The zero-order chi connectivity index (χ0) is 28.7. The smallest absolute Gasteiger partial charge is 0.271 e. The fourth-order valence-corrected chi connectivity index (χ4v) is 6.40. The van der Waals surface area contributed by atoms with Crippen LogP contribution in [-0.2, 0) is 4.79 Å². The van der Waals surface area contributed by atoms with Crippen LogP contribution < -0.4 is 20.2 Å². The molecule has 204 valence electrons. The summed E-state index contributed by atoms with van der Waals surface area (Å²) in [5.41, 5.74) is 5.88. The predicted molar refractivity (Wildman–Crippen MR) is 166 cm³/mol. The Labute approximate surface area is 249 Å². The quantitative estimate of drug-likeness (QED) is 0.283. The van der Waals surface area contributed by atoms with E-state index < -0.39 is 6.04 Å². The zero-order valence-corrected chi connectivity index (χ0v) is 25.0. The minimum Gasteiger partial charge on any atom is -0.322 e. The molecule has 0 radical (unpaired) electrons. The van der Waals surface area contributed by atoms with Gasteiger partial charge in [-0.15, -0.1) is 0 Å². The summed E-state index contributed by atoms with van der Waals surface area (Å²) in [6.07, 6.45) is 1.89. The third-order valence-corrected chi connectivity index (χ3v) is 8.62. The lowest BCUT2D eigenvalue weighted by atomic mass is 9.95. The monoisotopic (exact) mass is 623 g/mol. The molecule has 1 amide bonds. The van der Waals surface area contributed by atoms with E-state index in [4.69, 9.17) is 10.1 Å². The van der Waals surface area contributed by atoms with Crippen molar-refractivity contribution in [3.63, 3.8) is 0 Å². The number of benzene rings is 3. The highest BCUT2D eigenvalue weighted by atomic mass is 79.9. The summed E-state index contributed by atoms with van der Waals surface area (Å²) in [6, 6.07) is 26.2. The van der Waals surface area contributed by atoms with Gasteiger partial charge in [0.15, 0.2) is 4.80 Å². The van der Waals surface area contributed by atoms with Crippen molar-refractivity contribution in [1.82, 2.24) is 14.3 Å². The van der Waals surface area contributed by atoms with Crippen LogP contribution in [0.2, 0.25) is 0 Å². The van der Waals surface area contributed by atoms with Gasteiger partial charge in [0.25, 0.3) is 11.5 Å². The van der Waals surface area contributed by atoms with Gasteiger partial charge in [-0.25, -0.2) is 9.67 Å². The highest BCUT2D eigenvalue weighted by molar-refractivity contribution is 9.10. The SMILES string of the molecule is CC1=C(C(=O)Nc2ccccc2)C(c2ccc(Br)cc2)n2c(s/c(=C/c3c(C)nn(-c4ccccc4)c3C)c2=O)=N1. The van der Waals surface area contributed by atoms with Crippen molar-refractivity contribution in [2.75, 3.05) is 5.32 Å². The number of carbonyl (C=O) groups is 1. The van der Waals surface area contributed by atoms with Gasteiger partial charge in [0.2, 0.25) is 0 Å². The molecule has 41 heavy (non-hydrogen) atoms. The van der Waals surface area contributed by atoms with E-state index in [0.717, 1.165) is 32.7 Å². The summed E-state index contributed by atoms with van der Waals surface area (Å²) in [7, 11) is 0. The fourth-order valence-electron chi connectivity index (χ4n) is 5.11. The molecular formula is C32H26BrN5O2S. The molecule has 0 spiro atoms. The summed E-state index contributed by atoms with van der Waals surface area (Å²) in [6.45, 7) is 5.76. The second-order valence-corrected chi connectivity index (χ2v) is 11.7. The first-order chi connectivity index (χ1) is 19.8. The molecular weight excluding hydrogens is 598 g/mol. The summed E-state index contributed by atoms with van der Waals surface area (Å²) in [4.78, 5) is 33.1. The fraction of sp³-hybridized carbons (Fsp3) is 0.125. The molecule has 7 nitrogen and oxygen atoms in total. The van der Waals surface area contributed by atoms with E-state index in [1.54, 1.807) is 4.57 Å². The normalized spacial score (nSPS) is 15.0. The van der Waals surface area contributed by atoms with Crippen molar-refractivity contribution < 1.29 is 4.79 Å². The van der Waals surface area contributed by atoms with Gasteiger partial charge in [-0.1, -0.05) is 75.8 Å². The summed E-state index contributed by atoms with van der Waals surface area (Å²) in [5, 5.41) is 7.72. The number of hydrogen-bond acceptors (Lipinski definition) is 5. The number of aryl methyl sites for hydroxylation is 1. The first kappa shape index (κ1) is 26.9. The van der Waals surface area contributed by atoms with E-state index in [1.165, 1.54) is 11.3 Å². The number of thiazole rings is 1. The minimum absolute atomic E-state index is 0.203. The molecule has 1 N–H and O–H groups in total. The average Bonchev–Trinajstić information content (AvgIpc) is 3.43. The molecule has 0 aliphatic carbocycles. The summed E-state index contributed by atoms with van der Waals surface area (Å²) >= 11 is 4.82. The molecule has 3 heterocycles. The number of hydrogen-bond donors (Lipinski definition) is 1. The molecule has 5 aromatic rings. The van der Waals surface area contributed by atoms with Crippen LogP contribution in [0.3, 0.4) is 0 Å². The van der Waals surface area contributed by atoms with Crippen LogP contribution in [0, 0.1) is 13.8 Å². The van der Waals surface area contributed by atoms with Gasteiger partial charge in [0.1, 0.15) is 0 Å². The molecule has 1 atom stereocenters. The van der Waals surface area contributed by atoms with Crippen molar-refractivity contribution in [3.05, 3.63) is 143 Å². The molecule has 1 aliphatic rings. The van der Waals surface area contributed by atoms with Gasteiger partial charge < -0.3 is 5.32 Å². The maximum Gasteiger partial charge on any atom is 0.271 e. The number of aromatic nitrogens is 3. The molecule has 3 aromatic carbocycles. The standard InChI is InChI=1S/C32H26BrN5O2S/c1-19-26(21(3)38(36-19)25-12-8-5-9-13-25)18-27-31(40)37-29(22-14-16-23(33)17-15-22)28(20(2)34-32(37)41-27)30(39)35-24-10-6-4-7-11-24/h4-18,29H,1-3H3,(H,35,39)/b27-18+. The number of para-hydroxylation sites is 2. The largest absolute Gasteiger partial charge is 0.322 e. The van der Waals surface area contributed by atoms with Crippen LogP contribution in [0.5, 0.6) is 0 Å². The number of halogens is 1. The van der Waals surface area contributed by atoms with Crippen molar-refractivity contribution in [2.45, 2.75) is 26.8 Å². The molecule has 6 rings (SSSR count). The van der Waals surface area contributed by atoms with Crippen LogP contribution in [0.4, 0.5) is 5.69 Å². The molecule has 9 heteroatoms. The number of fused-ring (bicyclic) bond motifs is 1. The van der Waals surface area contributed by atoms with Crippen molar-refractivity contribution in [3.8, 4) is 5.69 Å². The number of nitrogens with zero attached hydrogens (tertiary/aromatic N) is 4. The maximum absolute atomic E-state index is 14.1. The minimum atomic E-state index is -0.639. The number of carbonyl (C=O) groups excluding carboxylic acids is 1. The van der Waals surface area contributed by atoms with Crippen molar-refractivity contribution in [2.24, 2.45) is 4.99 Å². The predicted octanol–water partition coefficient (Wildman–Crippen LogP) is 5.44. The Morgan fingerprint density at radius 1 is 0.951 bits per heavy atom. The van der Waals surface area contributed by atoms with Gasteiger partial charge in [-0.3, -0.25) is 14.2 Å². The van der Waals surface area contributed by atoms with Crippen LogP contribution in [0.1, 0.15) is 35.5 Å². The Hall–Kier alpha value is -4.34. The number of anilines is 1. The average molecular weight is 625 g/mol. The Morgan fingerprint density at radius 2 is 1.61 bits per heavy atom. The number of amides is 1. The maximum atomic E-state index is 14.1. The zero-order valence-electron chi connectivity index (χ0n) is 22.6. The van der Waals surface area contributed by atoms with Crippen molar-refractivity contribution in [1.29, 1.82) is 0 Å². The number of nitrogens with one attached hydrogen (secondary N) is 1. The third kappa shape index (κ3) is 5.03. The lowest BCUT2D eigenvalue weighted by molar-refractivity contribution is -0.113. The molecule has 2 aromatic heterocycles. The van der Waals surface area contributed by atoms with Gasteiger partial charge >= 0.3 is 0 Å². The Balaban J connectivity index is 1.50. The molecule has 0 saturated carbocycles. The first-order valence-corrected chi connectivity index (χ1v) is 14.7. The molecule has 0 bridgehead atoms. The Morgan fingerprint density at radius 3 is 2.29 bits per heavy atom. The summed E-state index contributed by atoms with van der Waals surface area (Å²) < 4.78 is 4.96. The Kier molecular flexibility index (Phi) is 7.15. The molecule has 0 saturated heterocycles. The van der Waals surface area contributed by atoms with E-state index in [0.29, 0.717) is 26.3 Å². The molecule has 1 unspecified atom stereocenters.